The lowest BCUT2D eigenvalue weighted by molar-refractivity contribution is 0.177. The number of methoxy groups -OCH3 is 1. The SMILES string of the molecule is COCc1nc(NN)cc(Sc2ncc[nH]2)n1. The van der Waals surface area contributed by atoms with E-state index in [1.807, 2.05) is 0 Å². The van der Waals surface area contributed by atoms with E-state index in [1.54, 1.807) is 25.6 Å². The van der Waals surface area contributed by atoms with Gasteiger partial charge in [0.15, 0.2) is 11.0 Å². The molecule has 90 valence electrons. The Morgan fingerprint density at radius 3 is 3.06 bits per heavy atom. The van der Waals surface area contributed by atoms with Crippen molar-refractivity contribution in [3.05, 3.63) is 24.3 Å². The minimum absolute atomic E-state index is 0.335. The van der Waals surface area contributed by atoms with Gasteiger partial charge < -0.3 is 15.1 Å². The number of imidazole rings is 1. The average Bonchev–Trinajstić information content (AvgIpc) is 2.82. The number of H-pyrrole nitrogens is 1. The van der Waals surface area contributed by atoms with E-state index < -0.39 is 0 Å². The molecule has 0 fully saturated rings. The number of nitrogens with zero attached hydrogens (tertiary/aromatic N) is 3. The number of hydrogen-bond donors (Lipinski definition) is 3. The van der Waals surface area contributed by atoms with Crippen LogP contribution in [-0.2, 0) is 11.3 Å². The van der Waals surface area contributed by atoms with Gasteiger partial charge in [-0.1, -0.05) is 0 Å². The van der Waals surface area contributed by atoms with E-state index >= 15 is 0 Å². The highest BCUT2D eigenvalue weighted by atomic mass is 32.2. The molecule has 17 heavy (non-hydrogen) atoms. The van der Waals surface area contributed by atoms with E-state index in [0.717, 1.165) is 10.2 Å². The molecule has 2 heterocycles. The van der Waals surface area contributed by atoms with E-state index in [2.05, 4.69) is 25.4 Å². The maximum atomic E-state index is 5.34. The van der Waals surface area contributed by atoms with Crippen LogP contribution in [0.25, 0.3) is 0 Å². The minimum atomic E-state index is 0.335. The Morgan fingerprint density at radius 2 is 2.41 bits per heavy atom. The summed E-state index contributed by atoms with van der Waals surface area (Å²) in [4.78, 5) is 15.6. The topological polar surface area (TPSA) is 102 Å². The van der Waals surface area contributed by atoms with Gasteiger partial charge in [0.25, 0.3) is 0 Å². The van der Waals surface area contributed by atoms with Crippen molar-refractivity contribution < 1.29 is 4.74 Å². The lowest BCUT2D eigenvalue weighted by Crippen LogP contribution is -2.11. The van der Waals surface area contributed by atoms with Gasteiger partial charge in [-0.05, 0) is 11.8 Å². The number of anilines is 1. The van der Waals surface area contributed by atoms with Gasteiger partial charge in [0, 0.05) is 25.6 Å². The van der Waals surface area contributed by atoms with E-state index in [4.69, 9.17) is 10.6 Å². The number of nitrogens with two attached hydrogens (primary N) is 1. The van der Waals surface area contributed by atoms with Gasteiger partial charge in [0.1, 0.15) is 17.5 Å². The van der Waals surface area contributed by atoms with Crippen molar-refractivity contribution >= 4 is 17.6 Å². The first-order valence-electron chi connectivity index (χ1n) is 4.82. The lowest BCUT2D eigenvalue weighted by atomic mass is 10.5. The van der Waals surface area contributed by atoms with Gasteiger partial charge in [-0.25, -0.2) is 20.8 Å². The third-order valence-electron chi connectivity index (χ3n) is 1.84. The molecule has 7 nitrogen and oxygen atoms in total. The molecule has 0 aromatic carbocycles. The quantitative estimate of drug-likeness (QED) is 0.410. The fourth-order valence-corrected chi connectivity index (χ4v) is 1.96. The molecular formula is C9H12N6OS. The Labute approximate surface area is 102 Å². The second kappa shape index (κ2) is 5.62. The normalized spacial score (nSPS) is 10.5. The summed E-state index contributed by atoms with van der Waals surface area (Å²) in [5.41, 5.74) is 2.50. The van der Waals surface area contributed by atoms with Gasteiger partial charge in [0.2, 0.25) is 0 Å². The van der Waals surface area contributed by atoms with Crippen LogP contribution in [0.5, 0.6) is 0 Å². The van der Waals surface area contributed by atoms with Crippen LogP contribution in [0.15, 0.2) is 28.6 Å². The maximum absolute atomic E-state index is 5.34. The van der Waals surface area contributed by atoms with Crippen LogP contribution in [0.2, 0.25) is 0 Å². The molecule has 2 aromatic rings. The third-order valence-corrected chi connectivity index (χ3v) is 2.68. The zero-order chi connectivity index (χ0) is 12.1. The molecule has 2 rings (SSSR count). The molecule has 0 saturated heterocycles. The molecule has 0 bridgehead atoms. The molecule has 0 aliphatic heterocycles. The molecule has 2 aromatic heterocycles. The largest absolute Gasteiger partial charge is 0.377 e. The van der Waals surface area contributed by atoms with Crippen molar-refractivity contribution in [1.29, 1.82) is 0 Å². The van der Waals surface area contributed by atoms with Crippen molar-refractivity contribution in [3.8, 4) is 0 Å². The summed E-state index contributed by atoms with van der Waals surface area (Å²) in [6, 6.07) is 1.74. The fourth-order valence-electron chi connectivity index (χ4n) is 1.20. The van der Waals surface area contributed by atoms with Crippen molar-refractivity contribution in [2.45, 2.75) is 16.8 Å². The first kappa shape index (κ1) is 11.8. The van der Waals surface area contributed by atoms with E-state index in [0.29, 0.717) is 18.2 Å². The average molecular weight is 252 g/mol. The highest BCUT2D eigenvalue weighted by molar-refractivity contribution is 7.99. The van der Waals surface area contributed by atoms with Crippen LogP contribution in [0.4, 0.5) is 5.82 Å². The van der Waals surface area contributed by atoms with Crippen LogP contribution in [0.1, 0.15) is 5.82 Å². The first-order chi connectivity index (χ1) is 8.31. The Balaban J connectivity index is 2.23. The molecule has 0 aliphatic carbocycles. The van der Waals surface area contributed by atoms with Gasteiger partial charge in [-0.15, -0.1) is 0 Å². The number of hydrazine groups is 1. The number of hydrogen-bond acceptors (Lipinski definition) is 7. The third kappa shape index (κ3) is 3.16. The number of nitrogen functional groups attached to an aromatic ring is 1. The zero-order valence-electron chi connectivity index (χ0n) is 9.17. The Kier molecular flexibility index (Phi) is 3.91. The summed E-state index contributed by atoms with van der Waals surface area (Å²) < 4.78 is 4.99. The highest BCUT2D eigenvalue weighted by Crippen LogP contribution is 2.24. The smallest absolute Gasteiger partial charge is 0.171 e. The number of rotatable bonds is 5. The molecule has 0 spiro atoms. The first-order valence-corrected chi connectivity index (χ1v) is 5.64. The zero-order valence-corrected chi connectivity index (χ0v) is 9.99. The predicted octanol–water partition coefficient (Wildman–Crippen LogP) is 0.783. The van der Waals surface area contributed by atoms with Gasteiger partial charge in [-0.3, -0.25) is 0 Å². The van der Waals surface area contributed by atoms with E-state index in [1.165, 1.54) is 11.8 Å². The summed E-state index contributed by atoms with van der Waals surface area (Å²) in [5.74, 6) is 6.45. The van der Waals surface area contributed by atoms with Gasteiger partial charge in [-0.2, -0.15) is 0 Å². The van der Waals surface area contributed by atoms with Crippen LogP contribution >= 0.6 is 11.8 Å². The molecule has 0 amide bonds. The van der Waals surface area contributed by atoms with Crippen LogP contribution in [0, 0.1) is 0 Å². The van der Waals surface area contributed by atoms with Crippen LogP contribution in [0.3, 0.4) is 0 Å². The van der Waals surface area contributed by atoms with Gasteiger partial charge >= 0.3 is 0 Å². The van der Waals surface area contributed by atoms with E-state index in [-0.39, 0.29) is 0 Å². The standard InChI is InChI=1S/C9H12N6OS/c1-16-5-7-13-6(15-10)4-8(14-7)17-9-11-2-3-12-9/h2-4H,5,10H2,1H3,(H,11,12)(H,13,14,15). The number of nitrogens with one attached hydrogen (secondary N) is 2. The van der Waals surface area contributed by atoms with Crippen molar-refractivity contribution in [3.63, 3.8) is 0 Å². The van der Waals surface area contributed by atoms with Crippen LogP contribution < -0.4 is 11.3 Å². The predicted molar refractivity (Wildman–Crippen MR) is 63.3 cm³/mol. The van der Waals surface area contributed by atoms with E-state index in [9.17, 15) is 0 Å². The van der Waals surface area contributed by atoms with Crippen molar-refractivity contribution in [1.82, 2.24) is 19.9 Å². The molecule has 0 saturated carbocycles. The summed E-state index contributed by atoms with van der Waals surface area (Å²) >= 11 is 1.39. The summed E-state index contributed by atoms with van der Waals surface area (Å²) in [6.45, 7) is 0.335. The van der Waals surface area contributed by atoms with Crippen LogP contribution in [-0.4, -0.2) is 27.0 Å². The van der Waals surface area contributed by atoms with Crippen molar-refractivity contribution in [2.75, 3.05) is 12.5 Å². The molecule has 0 aliphatic rings. The number of ether oxygens (including phenoxy) is 1. The molecule has 0 unspecified atom stereocenters. The number of aromatic nitrogens is 4. The summed E-state index contributed by atoms with van der Waals surface area (Å²) in [5, 5.41) is 1.50. The molecule has 0 atom stereocenters. The highest BCUT2D eigenvalue weighted by Gasteiger charge is 2.06. The van der Waals surface area contributed by atoms with Crippen molar-refractivity contribution in [2.24, 2.45) is 5.84 Å². The summed E-state index contributed by atoms with van der Waals surface area (Å²) in [6.07, 6.45) is 3.43. The monoisotopic (exact) mass is 252 g/mol. The lowest BCUT2D eigenvalue weighted by Gasteiger charge is -2.05. The molecule has 0 radical (unpaired) electrons. The minimum Gasteiger partial charge on any atom is -0.377 e. The summed E-state index contributed by atoms with van der Waals surface area (Å²) in [7, 11) is 1.59. The Morgan fingerprint density at radius 1 is 1.53 bits per heavy atom. The molecule has 4 N–H and O–H groups in total. The second-order valence-corrected chi connectivity index (χ2v) is 4.09. The maximum Gasteiger partial charge on any atom is 0.171 e. The number of aromatic amines is 1. The fraction of sp³-hybridized carbons (Fsp3) is 0.222. The Hall–Kier alpha value is -1.64. The van der Waals surface area contributed by atoms with Gasteiger partial charge in [0.05, 0.1) is 0 Å². The second-order valence-electron chi connectivity index (χ2n) is 3.08. The Bertz CT molecular complexity index is 474. The molecule has 8 heteroatoms. The molecular weight excluding hydrogens is 240 g/mol.